The first kappa shape index (κ1) is 19.7. The second kappa shape index (κ2) is 8.50. The number of carbonyl (C=O) groups excluding carboxylic acids is 1. The molecule has 5 nitrogen and oxygen atoms in total. The molecule has 1 spiro atoms. The molecule has 158 valence electrons. The molecule has 0 N–H and O–H groups in total. The summed E-state index contributed by atoms with van der Waals surface area (Å²) >= 11 is 0. The van der Waals surface area contributed by atoms with Crippen molar-refractivity contribution in [1.82, 2.24) is 4.90 Å². The molecular formula is C25H30N2O3. The second-order valence-corrected chi connectivity index (χ2v) is 8.66. The molecule has 2 aromatic rings. The summed E-state index contributed by atoms with van der Waals surface area (Å²) in [4.78, 5) is 17.8. The molecule has 5 heteroatoms. The van der Waals surface area contributed by atoms with Crippen molar-refractivity contribution < 1.29 is 14.3 Å². The Bertz CT molecular complexity index is 869. The Hall–Kier alpha value is -2.21. The van der Waals surface area contributed by atoms with E-state index in [0.29, 0.717) is 25.8 Å². The van der Waals surface area contributed by atoms with Crippen LogP contribution >= 0.6 is 0 Å². The zero-order valence-electron chi connectivity index (χ0n) is 17.5. The maximum Gasteiger partial charge on any atom is 0.293 e. The van der Waals surface area contributed by atoms with Crippen molar-refractivity contribution in [3.8, 4) is 0 Å². The minimum Gasteiger partial charge on any atom is -0.338 e. The van der Waals surface area contributed by atoms with Crippen LogP contribution in [0.25, 0.3) is 0 Å². The highest BCUT2D eigenvalue weighted by atomic mass is 16.7. The number of piperidine rings is 1. The molecule has 0 unspecified atom stereocenters. The standard InChI is InChI=1S/C25H30N2O3/c28-24-25(29-16-6-7-17-30-25)22-10-4-5-11-23(22)27(24)19-26-14-12-21(13-15-26)18-20-8-2-1-3-9-20/h1-5,8-11,21H,6-7,12-19H2. The number of benzene rings is 2. The van der Waals surface area contributed by atoms with Gasteiger partial charge >= 0.3 is 0 Å². The largest absolute Gasteiger partial charge is 0.338 e. The lowest BCUT2D eigenvalue weighted by atomic mass is 9.90. The number of anilines is 1. The number of hydrogen-bond acceptors (Lipinski definition) is 4. The number of rotatable bonds is 4. The maximum absolute atomic E-state index is 13.5. The number of para-hydroxylation sites is 1. The molecule has 30 heavy (non-hydrogen) atoms. The van der Waals surface area contributed by atoms with Gasteiger partial charge in [-0.3, -0.25) is 14.6 Å². The van der Waals surface area contributed by atoms with Gasteiger partial charge in [0.2, 0.25) is 0 Å². The van der Waals surface area contributed by atoms with Crippen LogP contribution in [0, 0.1) is 5.92 Å². The molecule has 2 fully saturated rings. The first-order chi connectivity index (χ1) is 14.8. The maximum atomic E-state index is 13.5. The van der Waals surface area contributed by atoms with Crippen LogP contribution in [0.4, 0.5) is 5.69 Å². The Kier molecular flexibility index (Phi) is 5.59. The van der Waals surface area contributed by atoms with Crippen LogP contribution in [-0.4, -0.2) is 43.8 Å². The van der Waals surface area contributed by atoms with Gasteiger partial charge in [0.1, 0.15) is 0 Å². The number of ether oxygens (including phenoxy) is 2. The lowest BCUT2D eigenvalue weighted by Crippen LogP contribution is -2.49. The summed E-state index contributed by atoms with van der Waals surface area (Å²) < 4.78 is 12.1. The van der Waals surface area contributed by atoms with E-state index >= 15 is 0 Å². The van der Waals surface area contributed by atoms with Crippen LogP contribution < -0.4 is 4.90 Å². The van der Waals surface area contributed by atoms with Gasteiger partial charge in [0.25, 0.3) is 11.7 Å². The van der Waals surface area contributed by atoms with Crippen molar-refractivity contribution >= 4 is 11.6 Å². The Balaban J connectivity index is 1.27. The van der Waals surface area contributed by atoms with E-state index in [2.05, 4.69) is 35.2 Å². The zero-order valence-corrected chi connectivity index (χ0v) is 17.5. The molecule has 2 saturated heterocycles. The summed E-state index contributed by atoms with van der Waals surface area (Å²) in [5, 5.41) is 0. The highest BCUT2D eigenvalue weighted by Gasteiger charge is 2.54. The summed E-state index contributed by atoms with van der Waals surface area (Å²) in [6.45, 7) is 3.73. The fourth-order valence-electron chi connectivity index (χ4n) is 4.97. The third-order valence-corrected chi connectivity index (χ3v) is 6.64. The van der Waals surface area contributed by atoms with Crippen molar-refractivity contribution in [2.45, 2.75) is 37.9 Å². The van der Waals surface area contributed by atoms with Crippen molar-refractivity contribution in [2.75, 3.05) is 37.9 Å². The van der Waals surface area contributed by atoms with E-state index in [9.17, 15) is 4.79 Å². The minimum absolute atomic E-state index is 0.0722. The van der Waals surface area contributed by atoms with E-state index in [0.717, 1.165) is 56.4 Å². The van der Waals surface area contributed by atoms with E-state index in [1.54, 1.807) is 0 Å². The van der Waals surface area contributed by atoms with Gasteiger partial charge in [0.05, 0.1) is 25.6 Å². The van der Waals surface area contributed by atoms with Crippen molar-refractivity contribution in [3.05, 3.63) is 65.7 Å². The summed E-state index contributed by atoms with van der Waals surface area (Å²) in [6.07, 6.45) is 5.32. The van der Waals surface area contributed by atoms with Crippen LogP contribution in [0.15, 0.2) is 54.6 Å². The van der Waals surface area contributed by atoms with E-state index < -0.39 is 5.79 Å². The van der Waals surface area contributed by atoms with Crippen molar-refractivity contribution in [3.63, 3.8) is 0 Å². The molecule has 5 rings (SSSR count). The predicted molar refractivity (Wildman–Crippen MR) is 116 cm³/mol. The SMILES string of the molecule is O=C1N(CN2CCC(Cc3ccccc3)CC2)c2ccccc2C12OCCCCO2. The number of fused-ring (bicyclic) bond motifs is 2. The number of hydrogen-bond donors (Lipinski definition) is 0. The molecular weight excluding hydrogens is 376 g/mol. The van der Waals surface area contributed by atoms with Crippen molar-refractivity contribution in [2.24, 2.45) is 5.92 Å². The van der Waals surface area contributed by atoms with E-state index in [-0.39, 0.29) is 5.91 Å². The first-order valence-corrected chi connectivity index (χ1v) is 11.2. The average Bonchev–Trinajstić information content (AvgIpc) is 2.95. The molecule has 0 bridgehead atoms. The van der Waals surface area contributed by atoms with Gasteiger partial charge in [0.15, 0.2) is 0 Å². The Morgan fingerprint density at radius 2 is 1.57 bits per heavy atom. The second-order valence-electron chi connectivity index (χ2n) is 8.66. The predicted octanol–water partition coefficient (Wildman–Crippen LogP) is 3.93. The summed E-state index contributed by atoms with van der Waals surface area (Å²) in [7, 11) is 0. The number of amides is 1. The normalized spacial score (nSPS) is 22.3. The molecule has 0 radical (unpaired) electrons. The lowest BCUT2D eigenvalue weighted by Gasteiger charge is -2.35. The number of likely N-dealkylation sites (tertiary alicyclic amines) is 1. The van der Waals surface area contributed by atoms with Crippen LogP contribution in [-0.2, 0) is 26.5 Å². The highest BCUT2D eigenvalue weighted by Crippen LogP contribution is 2.44. The Labute approximate surface area is 178 Å². The van der Waals surface area contributed by atoms with Gasteiger partial charge < -0.3 is 9.47 Å². The molecule has 3 heterocycles. The zero-order chi connectivity index (χ0) is 20.4. The van der Waals surface area contributed by atoms with Crippen LogP contribution in [0.3, 0.4) is 0 Å². The molecule has 0 atom stereocenters. The van der Waals surface area contributed by atoms with E-state index in [1.807, 2.05) is 29.2 Å². The molecule has 1 amide bonds. The van der Waals surface area contributed by atoms with Crippen LogP contribution in [0.2, 0.25) is 0 Å². The smallest absolute Gasteiger partial charge is 0.293 e. The van der Waals surface area contributed by atoms with Gasteiger partial charge in [-0.2, -0.15) is 0 Å². The van der Waals surface area contributed by atoms with Crippen LogP contribution in [0.5, 0.6) is 0 Å². The summed E-state index contributed by atoms with van der Waals surface area (Å²) in [5.74, 6) is -0.610. The van der Waals surface area contributed by atoms with E-state index in [4.69, 9.17) is 9.47 Å². The average molecular weight is 407 g/mol. The monoisotopic (exact) mass is 406 g/mol. The highest BCUT2D eigenvalue weighted by molar-refractivity contribution is 6.06. The molecule has 3 aliphatic heterocycles. The number of nitrogens with zero attached hydrogens (tertiary/aromatic N) is 2. The topological polar surface area (TPSA) is 42.0 Å². The molecule has 3 aliphatic rings. The van der Waals surface area contributed by atoms with Crippen LogP contribution in [0.1, 0.15) is 36.8 Å². The molecule has 0 aliphatic carbocycles. The molecule has 0 aromatic heterocycles. The fraction of sp³-hybridized carbons (Fsp3) is 0.480. The van der Waals surface area contributed by atoms with Gasteiger partial charge in [-0.1, -0.05) is 48.5 Å². The van der Waals surface area contributed by atoms with Gasteiger partial charge in [-0.05, 0) is 49.7 Å². The lowest BCUT2D eigenvalue weighted by molar-refractivity contribution is -0.223. The van der Waals surface area contributed by atoms with Gasteiger partial charge in [-0.25, -0.2) is 0 Å². The Morgan fingerprint density at radius 1 is 0.900 bits per heavy atom. The third kappa shape index (κ3) is 3.66. The fourth-order valence-corrected chi connectivity index (χ4v) is 4.97. The quantitative estimate of drug-likeness (QED) is 0.772. The first-order valence-electron chi connectivity index (χ1n) is 11.2. The number of carbonyl (C=O) groups is 1. The third-order valence-electron chi connectivity index (χ3n) is 6.64. The Morgan fingerprint density at radius 3 is 2.30 bits per heavy atom. The molecule has 2 aromatic carbocycles. The minimum atomic E-state index is -1.25. The van der Waals surface area contributed by atoms with Crippen molar-refractivity contribution in [1.29, 1.82) is 0 Å². The summed E-state index contributed by atoms with van der Waals surface area (Å²) in [6, 6.07) is 18.7. The summed E-state index contributed by atoms with van der Waals surface area (Å²) in [5.41, 5.74) is 3.20. The van der Waals surface area contributed by atoms with E-state index in [1.165, 1.54) is 5.56 Å². The van der Waals surface area contributed by atoms with Gasteiger partial charge in [-0.15, -0.1) is 0 Å². The molecule has 0 saturated carbocycles. The van der Waals surface area contributed by atoms with Gasteiger partial charge in [0, 0.05) is 18.7 Å².